The molecule has 6 nitrogen and oxygen atoms in total. The first-order chi connectivity index (χ1) is 9.72. The second kappa shape index (κ2) is 4.48. The van der Waals surface area contributed by atoms with Crippen LogP contribution in [0.4, 0.5) is 17.6 Å². The Kier molecular flexibility index (Phi) is 2.73. The maximum atomic E-state index is 6.10. The van der Waals surface area contributed by atoms with Crippen LogP contribution >= 0.6 is 0 Å². The fraction of sp³-hybridized carbons (Fsp3) is 0.714. The fourth-order valence-electron chi connectivity index (χ4n) is 3.72. The molecule has 3 heterocycles. The second-order valence-corrected chi connectivity index (χ2v) is 6.35. The van der Waals surface area contributed by atoms with Crippen LogP contribution in [0.3, 0.4) is 0 Å². The Morgan fingerprint density at radius 3 is 2.70 bits per heavy atom. The molecule has 0 aromatic carbocycles. The number of nitrogens with zero attached hydrogens (tertiary/aromatic N) is 3. The van der Waals surface area contributed by atoms with E-state index in [1.165, 1.54) is 25.7 Å². The third-order valence-corrected chi connectivity index (χ3v) is 4.86. The predicted octanol–water partition coefficient (Wildman–Crippen LogP) is 0.707. The molecule has 4 rings (SSSR count). The lowest BCUT2D eigenvalue weighted by molar-refractivity contribution is 0.340. The Morgan fingerprint density at radius 2 is 1.95 bits per heavy atom. The van der Waals surface area contributed by atoms with E-state index in [1.807, 2.05) is 0 Å². The van der Waals surface area contributed by atoms with Gasteiger partial charge in [-0.3, -0.25) is 0 Å². The molecular formula is C14H22N6. The molecule has 0 bridgehead atoms. The van der Waals surface area contributed by atoms with Gasteiger partial charge in [0.2, 0.25) is 5.95 Å². The Labute approximate surface area is 118 Å². The molecule has 0 spiro atoms. The molecule has 108 valence electrons. The zero-order valence-electron chi connectivity index (χ0n) is 11.7. The summed E-state index contributed by atoms with van der Waals surface area (Å²) in [5.74, 6) is 3.14. The van der Waals surface area contributed by atoms with E-state index in [-0.39, 0.29) is 0 Å². The molecule has 2 saturated heterocycles. The molecule has 1 aliphatic carbocycles. The van der Waals surface area contributed by atoms with Gasteiger partial charge in [-0.25, -0.2) is 0 Å². The first kappa shape index (κ1) is 12.2. The number of rotatable bonds is 2. The highest BCUT2D eigenvalue weighted by Gasteiger charge is 2.38. The quantitative estimate of drug-likeness (QED) is 0.735. The molecule has 2 atom stereocenters. The molecule has 2 unspecified atom stereocenters. The van der Waals surface area contributed by atoms with E-state index < -0.39 is 0 Å². The Hall–Kier alpha value is -1.56. The van der Waals surface area contributed by atoms with Crippen LogP contribution in [-0.4, -0.2) is 35.6 Å². The maximum absolute atomic E-state index is 6.10. The number of nitrogens with one attached hydrogen (secondary N) is 1. The summed E-state index contributed by atoms with van der Waals surface area (Å²) in [5.41, 5.74) is 13.1. The molecule has 1 aromatic rings. The van der Waals surface area contributed by atoms with E-state index in [0.717, 1.165) is 36.9 Å². The minimum atomic E-state index is 0.296. The van der Waals surface area contributed by atoms with Crippen LogP contribution in [0, 0.1) is 5.92 Å². The largest absolute Gasteiger partial charge is 0.383 e. The summed E-state index contributed by atoms with van der Waals surface area (Å²) in [7, 11) is 0. The van der Waals surface area contributed by atoms with E-state index >= 15 is 0 Å². The molecule has 5 N–H and O–H groups in total. The second-order valence-electron chi connectivity index (χ2n) is 6.35. The highest BCUT2D eigenvalue weighted by molar-refractivity contribution is 5.63. The van der Waals surface area contributed by atoms with Crippen molar-refractivity contribution in [3.63, 3.8) is 0 Å². The van der Waals surface area contributed by atoms with Crippen molar-refractivity contribution in [1.82, 2.24) is 15.3 Å². The topological polar surface area (TPSA) is 93.1 Å². The van der Waals surface area contributed by atoms with Gasteiger partial charge in [-0.2, -0.15) is 9.97 Å². The lowest BCUT2D eigenvalue weighted by Gasteiger charge is -2.24. The Balaban J connectivity index is 1.68. The minimum Gasteiger partial charge on any atom is -0.383 e. The van der Waals surface area contributed by atoms with Crippen molar-refractivity contribution in [1.29, 1.82) is 0 Å². The molecule has 1 aromatic heterocycles. The van der Waals surface area contributed by atoms with E-state index in [4.69, 9.17) is 11.5 Å². The summed E-state index contributed by atoms with van der Waals surface area (Å²) >= 11 is 0. The Bertz CT molecular complexity index is 513. The molecular weight excluding hydrogens is 252 g/mol. The third-order valence-electron chi connectivity index (χ3n) is 4.86. The highest BCUT2D eigenvalue weighted by atomic mass is 15.3. The number of anilines is 3. The van der Waals surface area contributed by atoms with Crippen molar-refractivity contribution >= 4 is 17.6 Å². The lowest BCUT2D eigenvalue weighted by Crippen LogP contribution is -2.40. The molecule has 6 heteroatoms. The van der Waals surface area contributed by atoms with E-state index in [0.29, 0.717) is 23.7 Å². The van der Waals surface area contributed by atoms with Crippen LogP contribution in [0.1, 0.15) is 37.2 Å². The summed E-state index contributed by atoms with van der Waals surface area (Å²) in [6.07, 6.45) is 4.98. The normalized spacial score (nSPS) is 29.5. The van der Waals surface area contributed by atoms with Crippen LogP contribution in [-0.2, 0) is 0 Å². The SMILES string of the molecule is Nc1nc(N)c(C2CC2)c(N2CC3CCCNC3C2)n1. The van der Waals surface area contributed by atoms with Gasteiger partial charge in [-0.1, -0.05) is 0 Å². The van der Waals surface area contributed by atoms with E-state index in [1.54, 1.807) is 0 Å². The minimum absolute atomic E-state index is 0.296. The molecule has 1 saturated carbocycles. The number of nitrogen functional groups attached to an aromatic ring is 2. The Morgan fingerprint density at radius 1 is 1.10 bits per heavy atom. The van der Waals surface area contributed by atoms with Gasteiger partial charge in [0, 0.05) is 24.7 Å². The first-order valence-corrected chi connectivity index (χ1v) is 7.63. The number of hydrogen-bond acceptors (Lipinski definition) is 6. The van der Waals surface area contributed by atoms with Gasteiger partial charge in [0.1, 0.15) is 11.6 Å². The van der Waals surface area contributed by atoms with Gasteiger partial charge < -0.3 is 21.7 Å². The first-order valence-electron chi connectivity index (χ1n) is 7.63. The van der Waals surface area contributed by atoms with Gasteiger partial charge in [0.15, 0.2) is 0 Å². The summed E-state index contributed by atoms with van der Waals surface area (Å²) in [4.78, 5) is 11.1. The predicted molar refractivity (Wildman–Crippen MR) is 79.6 cm³/mol. The summed E-state index contributed by atoms with van der Waals surface area (Å²) in [6, 6.07) is 0.591. The van der Waals surface area contributed by atoms with Gasteiger partial charge in [0.05, 0.1) is 0 Å². The summed E-state index contributed by atoms with van der Waals surface area (Å²) in [5, 5.41) is 3.63. The molecule has 0 amide bonds. The standard InChI is InChI=1S/C14H22N6/c15-12-11(8-3-4-8)13(19-14(16)18-12)20-6-9-2-1-5-17-10(9)7-20/h8-10,17H,1-7H2,(H4,15,16,18,19). The van der Waals surface area contributed by atoms with Crippen molar-refractivity contribution in [2.45, 2.75) is 37.6 Å². The van der Waals surface area contributed by atoms with E-state index in [9.17, 15) is 0 Å². The van der Waals surface area contributed by atoms with Gasteiger partial charge in [0.25, 0.3) is 0 Å². The highest BCUT2D eigenvalue weighted by Crippen LogP contribution is 2.47. The molecule has 20 heavy (non-hydrogen) atoms. The zero-order valence-corrected chi connectivity index (χ0v) is 11.7. The molecule has 3 aliphatic rings. The number of hydrogen-bond donors (Lipinski definition) is 3. The zero-order chi connectivity index (χ0) is 13.7. The molecule has 2 aliphatic heterocycles. The van der Waals surface area contributed by atoms with Crippen LogP contribution < -0.4 is 21.7 Å². The van der Waals surface area contributed by atoms with Crippen molar-refractivity contribution in [3.05, 3.63) is 5.56 Å². The molecule has 3 fully saturated rings. The van der Waals surface area contributed by atoms with Crippen LogP contribution in [0.2, 0.25) is 0 Å². The van der Waals surface area contributed by atoms with Gasteiger partial charge >= 0.3 is 0 Å². The lowest BCUT2D eigenvalue weighted by atomic mass is 9.94. The average molecular weight is 274 g/mol. The van der Waals surface area contributed by atoms with Gasteiger partial charge in [-0.05, 0) is 44.1 Å². The fourth-order valence-corrected chi connectivity index (χ4v) is 3.72. The number of aromatic nitrogens is 2. The van der Waals surface area contributed by atoms with Crippen molar-refractivity contribution < 1.29 is 0 Å². The monoisotopic (exact) mass is 274 g/mol. The van der Waals surface area contributed by atoms with Gasteiger partial charge in [-0.15, -0.1) is 0 Å². The van der Waals surface area contributed by atoms with Crippen LogP contribution in [0.25, 0.3) is 0 Å². The number of piperidine rings is 1. The number of fused-ring (bicyclic) bond motifs is 1. The summed E-state index contributed by atoms with van der Waals surface area (Å²) in [6.45, 7) is 3.21. The average Bonchev–Trinajstić information content (AvgIpc) is 3.15. The third kappa shape index (κ3) is 1.98. The van der Waals surface area contributed by atoms with Crippen LogP contribution in [0.5, 0.6) is 0 Å². The maximum Gasteiger partial charge on any atom is 0.223 e. The van der Waals surface area contributed by atoms with Crippen LogP contribution in [0.15, 0.2) is 0 Å². The van der Waals surface area contributed by atoms with Crippen molar-refractivity contribution in [2.75, 3.05) is 36.0 Å². The summed E-state index contributed by atoms with van der Waals surface area (Å²) < 4.78 is 0. The van der Waals surface area contributed by atoms with E-state index in [2.05, 4.69) is 20.2 Å². The smallest absolute Gasteiger partial charge is 0.223 e. The van der Waals surface area contributed by atoms with Crippen molar-refractivity contribution in [2.24, 2.45) is 5.92 Å². The molecule has 0 radical (unpaired) electrons. The number of nitrogens with two attached hydrogens (primary N) is 2. The van der Waals surface area contributed by atoms with Crippen molar-refractivity contribution in [3.8, 4) is 0 Å².